The fourth-order valence-electron chi connectivity index (χ4n) is 1.75. The fraction of sp³-hybridized carbons (Fsp3) is 0.533. The van der Waals surface area contributed by atoms with E-state index in [1.807, 2.05) is 42.1 Å². The van der Waals surface area contributed by atoms with Crippen LogP contribution in [-0.2, 0) is 0 Å². The van der Waals surface area contributed by atoms with E-state index < -0.39 is 0 Å². The van der Waals surface area contributed by atoms with Crippen LogP contribution in [0.2, 0.25) is 0 Å². The van der Waals surface area contributed by atoms with E-state index in [1.165, 1.54) is 11.5 Å². The molecule has 98 valence electrons. The standard InChI is InChI=1S/C15H22N2S/c1-3-18-10-9-13(2)17-12-15(11-16)14-7-5-4-6-8-14/h4-8,13,15,17H,3,9-10,12H2,1-2H3. The molecule has 0 amide bonds. The van der Waals surface area contributed by atoms with Gasteiger partial charge in [0.1, 0.15) is 0 Å². The van der Waals surface area contributed by atoms with Gasteiger partial charge in [0.2, 0.25) is 0 Å². The van der Waals surface area contributed by atoms with Gasteiger partial charge >= 0.3 is 0 Å². The molecule has 0 bridgehead atoms. The Balaban J connectivity index is 2.34. The Kier molecular flexibility index (Phi) is 7.55. The van der Waals surface area contributed by atoms with Crippen LogP contribution in [0.4, 0.5) is 0 Å². The Morgan fingerprint density at radius 3 is 2.67 bits per heavy atom. The molecule has 0 heterocycles. The van der Waals surface area contributed by atoms with Gasteiger partial charge in [-0.25, -0.2) is 0 Å². The van der Waals surface area contributed by atoms with Crippen LogP contribution in [0.25, 0.3) is 0 Å². The average Bonchev–Trinajstić information content (AvgIpc) is 2.41. The van der Waals surface area contributed by atoms with Gasteiger partial charge in [0.25, 0.3) is 0 Å². The molecule has 1 rings (SSSR count). The highest BCUT2D eigenvalue weighted by Crippen LogP contribution is 2.13. The van der Waals surface area contributed by atoms with Gasteiger partial charge in [0.05, 0.1) is 12.0 Å². The molecular weight excluding hydrogens is 240 g/mol. The van der Waals surface area contributed by atoms with Crippen molar-refractivity contribution >= 4 is 11.8 Å². The van der Waals surface area contributed by atoms with Gasteiger partial charge in [-0.15, -0.1) is 0 Å². The second kappa shape index (κ2) is 9.02. The lowest BCUT2D eigenvalue weighted by atomic mass is 10.0. The number of benzene rings is 1. The second-order valence-electron chi connectivity index (χ2n) is 4.39. The van der Waals surface area contributed by atoms with Crippen LogP contribution in [0.3, 0.4) is 0 Å². The molecule has 0 aliphatic carbocycles. The summed E-state index contributed by atoms with van der Waals surface area (Å²) >= 11 is 1.97. The molecule has 0 aromatic heterocycles. The van der Waals surface area contributed by atoms with Crippen molar-refractivity contribution in [3.05, 3.63) is 35.9 Å². The van der Waals surface area contributed by atoms with Crippen LogP contribution in [-0.4, -0.2) is 24.1 Å². The van der Waals surface area contributed by atoms with E-state index in [-0.39, 0.29) is 5.92 Å². The van der Waals surface area contributed by atoms with E-state index >= 15 is 0 Å². The first-order chi connectivity index (χ1) is 8.77. The van der Waals surface area contributed by atoms with Crippen LogP contribution < -0.4 is 5.32 Å². The van der Waals surface area contributed by atoms with Crippen molar-refractivity contribution in [2.75, 3.05) is 18.1 Å². The van der Waals surface area contributed by atoms with E-state index in [0.717, 1.165) is 18.5 Å². The molecule has 0 radical (unpaired) electrons. The normalized spacial score (nSPS) is 13.8. The fourth-order valence-corrected chi connectivity index (χ4v) is 2.56. The third kappa shape index (κ3) is 5.57. The Morgan fingerprint density at radius 1 is 1.33 bits per heavy atom. The summed E-state index contributed by atoms with van der Waals surface area (Å²) in [5.41, 5.74) is 1.10. The molecule has 0 fully saturated rings. The maximum atomic E-state index is 9.21. The quantitative estimate of drug-likeness (QED) is 0.729. The van der Waals surface area contributed by atoms with E-state index in [1.54, 1.807) is 0 Å². The van der Waals surface area contributed by atoms with Crippen molar-refractivity contribution in [1.29, 1.82) is 5.26 Å². The summed E-state index contributed by atoms with van der Waals surface area (Å²) in [5, 5.41) is 12.7. The number of nitrogens with zero attached hydrogens (tertiary/aromatic N) is 1. The molecule has 0 aliphatic rings. The highest BCUT2D eigenvalue weighted by Gasteiger charge is 2.11. The lowest BCUT2D eigenvalue weighted by Gasteiger charge is -2.16. The first kappa shape index (κ1) is 15.1. The molecule has 2 atom stereocenters. The minimum atomic E-state index is -0.0486. The van der Waals surface area contributed by atoms with Crippen molar-refractivity contribution in [1.82, 2.24) is 5.32 Å². The van der Waals surface area contributed by atoms with Gasteiger partial charge < -0.3 is 5.32 Å². The van der Waals surface area contributed by atoms with Gasteiger partial charge in [0.15, 0.2) is 0 Å². The molecule has 0 saturated heterocycles. The summed E-state index contributed by atoms with van der Waals surface area (Å²) in [6.07, 6.45) is 1.16. The monoisotopic (exact) mass is 262 g/mol. The molecule has 2 unspecified atom stereocenters. The minimum Gasteiger partial charge on any atom is -0.313 e. The third-order valence-corrected chi connectivity index (χ3v) is 3.86. The molecule has 2 nitrogen and oxygen atoms in total. The highest BCUT2D eigenvalue weighted by atomic mass is 32.2. The molecule has 0 aliphatic heterocycles. The topological polar surface area (TPSA) is 35.8 Å². The van der Waals surface area contributed by atoms with Crippen LogP contribution in [0.5, 0.6) is 0 Å². The Hall–Kier alpha value is -0.980. The Labute approximate surface area is 115 Å². The van der Waals surface area contributed by atoms with Crippen LogP contribution >= 0.6 is 11.8 Å². The lowest BCUT2D eigenvalue weighted by molar-refractivity contribution is 0.526. The Bertz CT molecular complexity index is 359. The molecule has 0 saturated carbocycles. The summed E-state index contributed by atoms with van der Waals surface area (Å²) < 4.78 is 0. The molecule has 1 aromatic rings. The summed E-state index contributed by atoms with van der Waals surface area (Å²) in [6.45, 7) is 5.11. The SMILES string of the molecule is CCSCCC(C)NCC(C#N)c1ccccc1. The average molecular weight is 262 g/mol. The summed E-state index contributed by atoms with van der Waals surface area (Å²) in [5.74, 6) is 2.32. The highest BCUT2D eigenvalue weighted by molar-refractivity contribution is 7.99. The van der Waals surface area contributed by atoms with Crippen LogP contribution in [0.15, 0.2) is 30.3 Å². The number of thioether (sulfide) groups is 1. The first-order valence-corrected chi connectivity index (χ1v) is 7.69. The van der Waals surface area contributed by atoms with Crippen molar-refractivity contribution in [3.63, 3.8) is 0 Å². The zero-order valence-electron chi connectivity index (χ0n) is 11.2. The van der Waals surface area contributed by atoms with E-state index in [4.69, 9.17) is 0 Å². The predicted molar refractivity (Wildman–Crippen MR) is 79.9 cm³/mol. The number of rotatable bonds is 8. The number of nitrogens with one attached hydrogen (secondary N) is 1. The van der Waals surface area contributed by atoms with Gasteiger partial charge in [-0.1, -0.05) is 37.3 Å². The van der Waals surface area contributed by atoms with Gasteiger partial charge in [0, 0.05) is 12.6 Å². The van der Waals surface area contributed by atoms with Crippen molar-refractivity contribution in [2.24, 2.45) is 0 Å². The molecule has 1 aromatic carbocycles. The summed E-state index contributed by atoms with van der Waals surface area (Å²) in [6, 6.07) is 12.8. The van der Waals surface area contributed by atoms with Crippen molar-refractivity contribution < 1.29 is 0 Å². The smallest absolute Gasteiger partial charge is 0.0837 e. The van der Waals surface area contributed by atoms with Crippen molar-refractivity contribution in [3.8, 4) is 6.07 Å². The third-order valence-electron chi connectivity index (χ3n) is 2.93. The zero-order chi connectivity index (χ0) is 13.2. The van der Waals surface area contributed by atoms with E-state index in [2.05, 4.69) is 25.2 Å². The Morgan fingerprint density at radius 2 is 2.06 bits per heavy atom. The van der Waals surface area contributed by atoms with Crippen LogP contribution in [0, 0.1) is 11.3 Å². The minimum absolute atomic E-state index is 0.0486. The van der Waals surface area contributed by atoms with E-state index in [9.17, 15) is 5.26 Å². The first-order valence-electron chi connectivity index (χ1n) is 6.53. The number of nitriles is 1. The maximum absolute atomic E-state index is 9.21. The lowest BCUT2D eigenvalue weighted by Crippen LogP contribution is -2.30. The molecule has 1 N–H and O–H groups in total. The summed E-state index contributed by atoms with van der Waals surface area (Å²) in [7, 11) is 0. The van der Waals surface area contributed by atoms with Gasteiger partial charge in [-0.2, -0.15) is 17.0 Å². The summed E-state index contributed by atoms with van der Waals surface area (Å²) in [4.78, 5) is 0. The van der Waals surface area contributed by atoms with E-state index in [0.29, 0.717) is 6.04 Å². The molecular formula is C15H22N2S. The zero-order valence-corrected chi connectivity index (χ0v) is 12.0. The van der Waals surface area contributed by atoms with Crippen molar-refractivity contribution in [2.45, 2.75) is 32.2 Å². The maximum Gasteiger partial charge on any atom is 0.0837 e. The van der Waals surface area contributed by atoms with Gasteiger partial charge in [-0.3, -0.25) is 0 Å². The second-order valence-corrected chi connectivity index (χ2v) is 5.78. The molecule has 18 heavy (non-hydrogen) atoms. The molecule has 3 heteroatoms. The largest absolute Gasteiger partial charge is 0.313 e. The van der Waals surface area contributed by atoms with Gasteiger partial charge in [-0.05, 0) is 30.4 Å². The molecule has 0 spiro atoms. The number of hydrogen-bond donors (Lipinski definition) is 1. The van der Waals surface area contributed by atoms with Crippen LogP contribution in [0.1, 0.15) is 31.7 Å². The predicted octanol–water partition coefficient (Wildman–Crippen LogP) is 3.42. The number of hydrogen-bond acceptors (Lipinski definition) is 3.